The number of benzene rings is 1. The Labute approximate surface area is 212 Å². The molecule has 14 heteroatoms. The van der Waals surface area contributed by atoms with Crippen molar-refractivity contribution in [3.63, 3.8) is 0 Å². The molecule has 4 unspecified atom stereocenters. The van der Waals surface area contributed by atoms with Crippen molar-refractivity contribution < 1.29 is 39.0 Å². The molecule has 0 bridgehead atoms. The first-order chi connectivity index (χ1) is 17.4. The third-order valence-electron chi connectivity index (χ3n) is 5.88. The van der Waals surface area contributed by atoms with Crippen LogP contribution in [0, 0.1) is 0 Å². The van der Waals surface area contributed by atoms with E-state index in [4.69, 9.17) is 17.2 Å². The number of carbonyl (C=O) groups is 6. The number of phenols is 1. The third-order valence-corrected chi connectivity index (χ3v) is 5.88. The fraction of sp³-hybridized carbons (Fsp3) is 0.478. The second kappa shape index (κ2) is 13.2. The number of aliphatic carboxylic acids is 1. The van der Waals surface area contributed by atoms with Crippen LogP contribution in [0.15, 0.2) is 24.3 Å². The Hall–Kier alpha value is -4.20. The number of rotatable bonds is 13. The Morgan fingerprint density at radius 2 is 1.59 bits per heavy atom. The van der Waals surface area contributed by atoms with Crippen molar-refractivity contribution in [3.8, 4) is 5.75 Å². The first-order valence-electron chi connectivity index (χ1n) is 11.6. The molecule has 1 saturated heterocycles. The number of primary amides is 2. The number of phenolic OH excluding ortho intramolecular Hbond substituents is 1. The van der Waals surface area contributed by atoms with Gasteiger partial charge in [0.05, 0.1) is 12.5 Å². The normalized spacial score (nSPS) is 17.3. The summed E-state index contributed by atoms with van der Waals surface area (Å²) >= 11 is 0. The van der Waals surface area contributed by atoms with E-state index in [1.165, 1.54) is 24.3 Å². The van der Waals surface area contributed by atoms with Gasteiger partial charge in [-0.15, -0.1) is 0 Å². The Bertz CT molecular complexity index is 1030. The van der Waals surface area contributed by atoms with Gasteiger partial charge in [0.25, 0.3) is 0 Å². The van der Waals surface area contributed by atoms with Crippen LogP contribution in [-0.4, -0.2) is 81.3 Å². The molecular weight excluding hydrogens is 488 g/mol. The number of hydrogen-bond donors (Lipinski definition) is 7. The molecule has 14 nitrogen and oxygen atoms in total. The summed E-state index contributed by atoms with van der Waals surface area (Å²) in [5, 5.41) is 23.9. The average Bonchev–Trinajstić information content (AvgIpc) is 3.32. The van der Waals surface area contributed by atoms with Gasteiger partial charge in [0.15, 0.2) is 0 Å². The molecule has 0 spiro atoms. The average molecular weight is 521 g/mol. The monoisotopic (exact) mass is 520 g/mol. The minimum absolute atomic E-state index is 0.0204. The number of nitrogens with one attached hydrogen (secondary N) is 2. The lowest BCUT2D eigenvalue weighted by Gasteiger charge is -2.29. The quantitative estimate of drug-likeness (QED) is 0.144. The topological polar surface area (TPSA) is 248 Å². The van der Waals surface area contributed by atoms with Crippen LogP contribution in [0.25, 0.3) is 0 Å². The van der Waals surface area contributed by atoms with Crippen molar-refractivity contribution in [2.45, 2.75) is 62.7 Å². The predicted octanol–water partition coefficient (Wildman–Crippen LogP) is -2.55. The molecule has 1 fully saturated rings. The zero-order valence-corrected chi connectivity index (χ0v) is 20.1. The van der Waals surface area contributed by atoms with E-state index in [9.17, 15) is 39.0 Å². The highest BCUT2D eigenvalue weighted by Gasteiger charge is 2.38. The highest BCUT2D eigenvalue weighted by atomic mass is 16.4. The summed E-state index contributed by atoms with van der Waals surface area (Å²) in [6.07, 6.45) is -0.306. The van der Waals surface area contributed by atoms with Crippen LogP contribution < -0.4 is 27.8 Å². The van der Waals surface area contributed by atoms with Gasteiger partial charge in [-0.1, -0.05) is 12.1 Å². The summed E-state index contributed by atoms with van der Waals surface area (Å²) in [7, 11) is 0. The highest BCUT2D eigenvalue weighted by molar-refractivity contribution is 5.95. The van der Waals surface area contributed by atoms with Gasteiger partial charge in [0, 0.05) is 19.4 Å². The molecule has 1 aliphatic rings. The van der Waals surface area contributed by atoms with E-state index in [0.29, 0.717) is 12.0 Å². The summed E-state index contributed by atoms with van der Waals surface area (Å²) in [6.45, 7) is 0.161. The summed E-state index contributed by atoms with van der Waals surface area (Å²) < 4.78 is 0. The largest absolute Gasteiger partial charge is 0.508 e. The number of likely N-dealkylation sites (tertiary alicyclic amines) is 1. The summed E-state index contributed by atoms with van der Waals surface area (Å²) in [4.78, 5) is 74.2. The van der Waals surface area contributed by atoms with Crippen LogP contribution in [0.4, 0.5) is 0 Å². The fourth-order valence-electron chi connectivity index (χ4n) is 3.97. The Morgan fingerprint density at radius 1 is 0.973 bits per heavy atom. The molecular formula is C23H32N6O8. The fourth-order valence-corrected chi connectivity index (χ4v) is 3.97. The number of amides is 5. The van der Waals surface area contributed by atoms with Crippen molar-refractivity contribution in [1.29, 1.82) is 0 Å². The van der Waals surface area contributed by atoms with Gasteiger partial charge in [-0.2, -0.15) is 0 Å². The van der Waals surface area contributed by atoms with Gasteiger partial charge in [0.1, 0.15) is 23.9 Å². The van der Waals surface area contributed by atoms with Crippen LogP contribution in [-0.2, 0) is 35.2 Å². The number of carboxylic acids is 1. The highest BCUT2D eigenvalue weighted by Crippen LogP contribution is 2.20. The second-order valence-electron chi connectivity index (χ2n) is 8.80. The van der Waals surface area contributed by atoms with E-state index in [2.05, 4.69) is 10.6 Å². The van der Waals surface area contributed by atoms with Crippen molar-refractivity contribution >= 4 is 35.5 Å². The first-order valence-corrected chi connectivity index (χ1v) is 11.6. The maximum Gasteiger partial charge on any atom is 0.326 e. The SMILES string of the molecule is NC(=O)CCC(NC(=O)C(Cc1ccc(O)cc1)NC(=O)C(N)CC(N)=O)C(=O)N1CCCC1C(=O)O. The minimum Gasteiger partial charge on any atom is -0.508 e. The molecule has 37 heavy (non-hydrogen) atoms. The van der Waals surface area contributed by atoms with Crippen LogP contribution in [0.3, 0.4) is 0 Å². The summed E-state index contributed by atoms with van der Waals surface area (Å²) in [5.41, 5.74) is 16.5. The maximum absolute atomic E-state index is 13.3. The molecule has 4 atom stereocenters. The second-order valence-corrected chi connectivity index (χ2v) is 8.80. The van der Waals surface area contributed by atoms with E-state index < -0.39 is 66.1 Å². The van der Waals surface area contributed by atoms with Gasteiger partial charge in [-0.05, 0) is 37.0 Å². The molecule has 10 N–H and O–H groups in total. The maximum atomic E-state index is 13.3. The minimum atomic E-state index is -1.33. The van der Waals surface area contributed by atoms with Gasteiger partial charge in [-0.25, -0.2) is 4.79 Å². The van der Waals surface area contributed by atoms with Crippen molar-refractivity contribution in [3.05, 3.63) is 29.8 Å². The molecule has 202 valence electrons. The Morgan fingerprint density at radius 3 is 2.16 bits per heavy atom. The molecule has 0 radical (unpaired) electrons. The molecule has 1 aromatic carbocycles. The Balaban J connectivity index is 2.27. The molecule has 0 aromatic heterocycles. The molecule has 2 rings (SSSR count). The van der Waals surface area contributed by atoms with Crippen molar-refractivity contribution in [2.75, 3.05) is 6.54 Å². The van der Waals surface area contributed by atoms with Gasteiger partial charge >= 0.3 is 5.97 Å². The number of nitrogens with two attached hydrogens (primary N) is 3. The lowest BCUT2D eigenvalue weighted by atomic mass is 10.0. The smallest absolute Gasteiger partial charge is 0.326 e. The van der Waals surface area contributed by atoms with Crippen molar-refractivity contribution in [2.24, 2.45) is 17.2 Å². The van der Waals surface area contributed by atoms with E-state index >= 15 is 0 Å². The molecule has 1 aromatic rings. The number of hydrogen-bond acceptors (Lipinski definition) is 8. The zero-order valence-electron chi connectivity index (χ0n) is 20.1. The molecule has 0 aliphatic carbocycles. The van der Waals surface area contributed by atoms with Gasteiger partial charge in [0.2, 0.25) is 29.5 Å². The standard InChI is InChI=1S/C23H32N6O8/c24-14(11-19(26)32)20(33)28-16(10-12-3-5-13(30)6-4-12)21(34)27-15(7-8-18(25)31)22(35)29-9-1-2-17(29)23(36)37/h3-6,14-17,30H,1-2,7-11,24H2,(H2,25,31)(H2,26,32)(H,27,34)(H,28,33)(H,36,37). The van der Waals surface area contributed by atoms with E-state index in [-0.39, 0.29) is 38.0 Å². The van der Waals surface area contributed by atoms with Crippen LogP contribution in [0.2, 0.25) is 0 Å². The third kappa shape index (κ3) is 8.75. The molecule has 1 heterocycles. The van der Waals surface area contributed by atoms with E-state index in [1.54, 1.807) is 0 Å². The predicted molar refractivity (Wildman–Crippen MR) is 128 cm³/mol. The van der Waals surface area contributed by atoms with E-state index in [1.807, 2.05) is 0 Å². The number of carbonyl (C=O) groups excluding carboxylic acids is 5. The lowest BCUT2D eigenvalue weighted by Crippen LogP contribution is -2.58. The number of carboxylic acid groups (broad SMARTS) is 1. The van der Waals surface area contributed by atoms with Crippen LogP contribution >= 0.6 is 0 Å². The van der Waals surface area contributed by atoms with Gasteiger partial charge in [-0.3, -0.25) is 24.0 Å². The molecule has 1 aliphatic heterocycles. The number of aromatic hydroxyl groups is 1. The molecule has 5 amide bonds. The van der Waals surface area contributed by atoms with Crippen LogP contribution in [0.1, 0.15) is 37.7 Å². The Kier molecular flexibility index (Phi) is 10.4. The van der Waals surface area contributed by atoms with Crippen molar-refractivity contribution in [1.82, 2.24) is 15.5 Å². The van der Waals surface area contributed by atoms with E-state index in [0.717, 1.165) is 4.90 Å². The van der Waals surface area contributed by atoms with Gasteiger partial charge < -0.3 is 42.9 Å². The zero-order chi connectivity index (χ0) is 27.7. The number of nitrogens with zero attached hydrogens (tertiary/aromatic N) is 1. The summed E-state index contributed by atoms with van der Waals surface area (Å²) in [6, 6.07) is 0.811. The summed E-state index contributed by atoms with van der Waals surface area (Å²) in [5.74, 6) is -5.11. The first kappa shape index (κ1) is 29.0. The van der Waals surface area contributed by atoms with Crippen LogP contribution in [0.5, 0.6) is 5.75 Å². The molecule has 0 saturated carbocycles. The lowest BCUT2D eigenvalue weighted by molar-refractivity contribution is -0.149.